The normalized spacial score (nSPS) is 16.9. The molecule has 3 aromatic rings. The Bertz CT molecular complexity index is 1050. The van der Waals surface area contributed by atoms with E-state index in [4.69, 9.17) is 0 Å². The van der Waals surface area contributed by atoms with Crippen LogP contribution in [0.3, 0.4) is 0 Å². The lowest BCUT2D eigenvalue weighted by molar-refractivity contribution is 0.330. The van der Waals surface area contributed by atoms with Crippen molar-refractivity contribution in [2.45, 2.75) is 59.0 Å². The Labute approximate surface area is 197 Å². The van der Waals surface area contributed by atoms with Gasteiger partial charge in [0, 0.05) is 5.54 Å². The molecular formula is C30H38NSi+. The van der Waals surface area contributed by atoms with Gasteiger partial charge in [-0.15, -0.1) is 0 Å². The summed E-state index contributed by atoms with van der Waals surface area (Å²) in [5.41, 5.74) is 8.27. The standard InChI is InChI=1S/C30H38NSi/c1-29(2,3)22-24-21-23-15-13-14-20-27(23)28(24)32-31(30(4,5)6,25-16-9-7-10-17-25)26-18-11-8-12-19-26/h7-21,28H,22,32H2,1-6H3/q+1. The topological polar surface area (TPSA) is 0 Å². The molecule has 32 heavy (non-hydrogen) atoms. The second-order valence-corrected chi connectivity index (χ2v) is 13.6. The average Bonchev–Trinajstić information content (AvgIpc) is 3.07. The minimum atomic E-state index is -0.762. The predicted octanol–water partition coefficient (Wildman–Crippen LogP) is 7.78. The highest BCUT2D eigenvalue weighted by molar-refractivity contribution is 6.44. The quantitative estimate of drug-likeness (QED) is 0.355. The Hall–Kier alpha value is -2.42. The fourth-order valence-electron chi connectivity index (χ4n) is 5.51. The van der Waals surface area contributed by atoms with Gasteiger partial charge in [0.05, 0.1) is 5.54 Å². The average molecular weight is 441 g/mol. The molecule has 0 amide bonds. The molecular weight excluding hydrogens is 402 g/mol. The largest absolute Gasteiger partial charge is 0.318 e. The van der Waals surface area contributed by atoms with Crippen LogP contribution in [0.25, 0.3) is 6.08 Å². The first kappa shape index (κ1) is 22.8. The molecule has 0 saturated carbocycles. The van der Waals surface area contributed by atoms with Gasteiger partial charge in [0.15, 0.2) is 0 Å². The van der Waals surface area contributed by atoms with Gasteiger partial charge in [-0.05, 0) is 68.0 Å². The van der Waals surface area contributed by atoms with E-state index >= 15 is 0 Å². The molecule has 0 fully saturated rings. The first-order valence-corrected chi connectivity index (χ1v) is 13.4. The lowest BCUT2D eigenvalue weighted by atomic mass is 9.87. The Kier molecular flexibility index (Phi) is 6.04. The summed E-state index contributed by atoms with van der Waals surface area (Å²) >= 11 is 0. The summed E-state index contributed by atoms with van der Waals surface area (Å²) in [7, 11) is -0.762. The molecule has 1 aliphatic rings. The third-order valence-corrected chi connectivity index (χ3v) is 10.4. The minimum Gasteiger partial charge on any atom is -0.318 e. The molecule has 4 rings (SSSR count). The summed E-state index contributed by atoms with van der Waals surface area (Å²) in [6.07, 6.45) is 3.65. The summed E-state index contributed by atoms with van der Waals surface area (Å²) in [4.78, 5) is 0. The molecule has 0 spiro atoms. The zero-order valence-electron chi connectivity index (χ0n) is 20.6. The van der Waals surface area contributed by atoms with Crippen LogP contribution in [0.5, 0.6) is 0 Å². The first-order valence-electron chi connectivity index (χ1n) is 11.9. The Morgan fingerprint density at radius 1 is 0.688 bits per heavy atom. The number of para-hydroxylation sites is 2. The maximum absolute atomic E-state index is 2.51. The summed E-state index contributed by atoms with van der Waals surface area (Å²) in [5.74, 6) is 0. The highest BCUT2D eigenvalue weighted by atomic mass is 28.2. The van der Waals surface area contributed by atoms with Gasteiger partial charge in [0.25, 0.3) is 9.68 Å². The van der Waals surface area contributed by atoms with Gasteiger partial charge in [-0.1, -0.05) is 93.1 Å². The molecule has 0 bridgehead atoms. The third-order valence-electron chi connectivity index (χ3n) is 6.89. The van der Waals surface area contributed by atoms with Crippen LogP contribution in [0, 0.1) is 5.41 Å². The number of hydrogen-bond donors (Lipinski definition) is 0. The Morgan fingerprint density at radius 3 is 1.69 bits per heavy atom. The lowest BCUT2D eigenvalue weighted by Crippen LogP contribution is -2.61. The van der Waals surface area contributed by atoms with Crippen molar-refractivity contribution in [1.29, 1.82) is 0 Å². The van der Waals surface area contributed by atoms with Crippen molar-refractivity contribution >= 4 is 27.1 Å². The SMILES string of the molecule is CC(C)(C)CC1=Cc2ccccc2C1[SiH2][N+](c1ccccc1)(c1ccccc1)C(C)(C)C. The summed E-state index contributed by atoms with van der Waals surface area (Å²) in [5, 5.41) is 0. The van der Waals surface area contributed by atoms with Crippen LogP contribution in [0.2, 0.25) is 0 Å². The Morgan fingerprint density at radius 2 is 1.19 bits per heavy atom. The van der Waals surface area contributed by atoms with E-state index in [1.807, 2.05) is 0 Å². The zero-order chi connectivity index (χ0) is 23.0. The highest BCUT2D eigenvalue weighted by Gasteiger charge is 2.48. The molecule has 1 unspecified atom stereocenters. The van der Waals surface area contributed by atoms with Gasteiger partial charge in [0.1, 0.15) is 11.4 Å². The van der Waals surface area contributed by atoms with E-state index in [9.17, 15) is 0 Å². The maximum Gasteiger partial charge on any atom is 0.277 e. The van der Waals surface area contributed by atoms with Crippen LogP contribution in [-0.4, -0.2) is 15.2 Å². The van der Waals surface area contributed by atoms with Gasteiger partial charge in [-0.25, -0.2) is 0 Å². The molecule has 0 heterocycles. The van der Waals surface area contributed by atoms with Gasteiger partial charge in [0.2, 0.25) is 0 Å². The van der Waals surface area contributed by atoms with Crippen molar-refractivity contribution in [2.24, 2.45) is 5.41 Å². The first-order chi connectivity index (χ1) is 15.1. The molecule has 1 atom stereocenters. The third kappa shape index (κ3) is 4.27. The van der Waals surface area contributed by atoms with E-state index in [2.05, 4.69) is 133 Å². The van der Waals surface area contributed by atoms with Crippen LogP contribution in [0.15, 0.2) is 90.5 Å². The molecule has 0 aromatic heterocycles. The summed E-state index contributed by atoms with van der Waals surface area (Å²) in [6.45, 7) is 14.4. The van der Waals surface area contributed by atoms with E-state index < -0.39 is 9.68 Å². The fraction of sp³-hybridized carbons (Fsp3) is 0.333. The van der Waals surface area contributed by atoms with E-state index in [0.717, 1.165) is 10.6 Å². The lowest BCUT2D eigenvalue weighted by Gasteiger charge is -2.51. The van der Waals surface area contributed by atoms with E-state index in [1.165, 1.54) is 22.5 Å². The zero-order valence-corrected chi connectivity index (χ0v) is 22.0. The van der Waals surface area contributed by atoms with Crippen LogP contribution >= 0.6 is 0 Å². The van der Waals surface area contributed by atoms with Crippen molar-refractivity contribution in [3.63, 3.8) is 0 Å². The molecule has 166 valence electrons. The second-order valence-electron chi connectivity index (χ2n) is 11.5. The second kappa shape index (κ2) is 8.50. The Balaban J connectivity index is 1.92. The molecule has 1 nitrogen and oxygen atoms in total. The molecule has 0 aliphatic heterocycles. The van der Waals surface area contributed by atoms with Gasteiger partial charge < -0.3 is 4.15 Å². The van der Waals surface area contributed by atoms with Crippen LogP contribution < -0.4 is 4.15 Å². The van der Waals surface area contributed by atoms with Gasteiger partial charge in [-0.3, -0.25) is 0 Å². The van der Waals surface area contributed by atoms with Gasteiger partial charge in [-0.2, -0.15) is 0 Å². The predicted molar refractivity (Wildman–Crippen MR) is 144 cm³/mol. The molecule has 3 aromatic carbocycles. The maximum atomic E-state index is 2.51. The highest BCUT2D eigenvalue weighted by Crippen LogP contribution is 2.48. The van der Waals surface area contributed by atoms with Crippen molar-refractivity contribution in [3.8, 4) is 0 Å². The van der Waals surface area contributed by atoms with Crippen LogP contribution in [0.4, 0.5) is 11.4 Å². The van der Waals surface area contributed by atoms with Crippen molar-refractivity contribution < 1.29 is 0 Å². The molecule has 2 heteroatoms. The fourth-order valence-corrected chi connectivity index (χ4v) is 8.51. The number of hydrogen-bond acceptors (Lipinski definition) is 0. The number of rotatable bonds is 5. The number of benzene rings is 3. The van der Waals surface area contributed by atoms with E-state index in [0.29, 0.717) is 5.54 Å². The number of nitrogens with zero attached hydrogens (tertiary/aromatic N) is 1. The van der Waals surface area contributed by atoms with E-state index in [1.54, 1.807) is 5.57 Å². The summed E-state index contributed by atoms with van der Waals surface area (Å²) in [6, 6.07) is 31.6. The summed E-state index contributed by atoms with van der Waals surface area (Å²) < 4.78 is 0.954. The molecule has 0 saturated heterocycles. The number of fused-ring (bicyclic) bond motifs is 1. The molecule has 1 aliphatic carbocycles. The monoisotopic (exact) mass is 440 g/mol. The van der Waals surface area contributed by atoms with Crippen molar-refractivity contribution in [2.75, 3.05) is 0 Å². The van der Waals surface area contributed by atoms with E-state index in [-0.39, 0.29) is 11.0 Å². The van der Waals surface area contributed by atoms with Crippen molar-refractivity contribution in [3.05, 3.63) is 102 Å². The molecule has 0 N–H and O–H groups in total. The van der Waals surface area contributed by atoms with Crippen LogP contribution in [0.1, 0.15) is 64.6 Å². The number of quaternary nitrogens is 1. The van der Waals surface area contributed by atoms with Crippen molar-refractivity contribution in [1.82, 2.24) is 4.15 Å². The number of allylic oxidation sites excluding steroid dienone is 1. The smallest absolute Gasteiger partial charge is 0.277 e. The van der Waals surface area contributed by atoms with Gasteiger partial charge >= 0.3 is 0 Å². The molecule has 0 radical (unpaired) electrons. The minimum absolute atomic E-state index is 0.0410. The van der Waals surface area contributed by atoms with Crippen LogP contribution in [-0.2, 0) is 0 Å².